The predicted molar refractivity (Wildman–Crippen MR) is 78.4 cm³/mol. The smallest absolute Gasteiger partial charge is 0.0931 e. The van der Waals surface area contributed by atoms with E-state index in [1.165, 1.54) is 29.5 Å². The van der Waals surface area contributed by atoms with Crippen molar-refractivity contribution in [2.45, 2.75) is 31.8 Å². The zero-order valence-corrected chi connectivity index (χ0v) is 11.9. The summed E-state index contributed by atoms with van der Waals surface area (Å²) in [5.74, 6) is 0. The number of hydrogen-bond donors (Lipinski definition) is 1. The number of fused-ring (bicyclic) bond motifs is 1. The Bertz CT molecular complexity index is 549. The largest absolute Gasteiger partial charge is 0.303 e. The van der Waals surface area contributed by atoms with Crippen molar-refractivity contribution in [3.63, 3.8) is 0 Å². The molecule has 2 aromatic rings. The monoisotopic (exact) mass is 277 g/mol. The normalized spacial score (nSPS) is 19.8. The Hall–Kier alpha value is -0.830. The van der Waals surface area contributed by atoms with Crippen molar-refractivity contribution in [1.29, 1.82) is 0 Å². The quantitative estimate of drug-likeness (QED) is 0.854. The van der Waals surface area contributed by atoms with Gasteiger partial charge in [-0.3, -0.25) is 0 Å². The highest BCUT2D eigenvalue weighted by Crippen LogP contribution is 2.33. The van der Waals surface area contributed by atoms with Crippen LogP contribution in [0, 0.1) is 0 Å². The van der Waals surface area contributed by atoms with Gasteiger partial charge < -0.3 is 5.32 Å². The first-order chi connectivity index (χ1) is 8.74. The number of nitrogens with one attached hydrogen (secondary N) is 1. The molecule has 2 atom stereocenters. The average Bonchev–Trinajstić information content (AvgIpc) is 2.97. The molecule has 1 heterocycles. The third kappa shape index (κ3) is 2.33. The lowest BCUT2D eigenvalue weighted by molar-refractivity contribution is 0.465. The average molecular weight is 278 g/mol. The van der Waals surface area contributed by atoms with Crippen LogP contribution >= 0.6 is 22.9 Å². The second-order valence-corrected chi connectivity index (χ2v) is 6.41. The topological polar surface area (TPSA) is 12.0 Å². The van der Waals surface area contributed by atoms with Crippen LogP contribution in [-0.2, 0) is 6.42 Å². The maximum absolute atomic E-state index is 5.99. The van der Waals surface area contributed by atoms with E-state index in [0.717, 1.165) is 4.34 Å². The van der Waals surface area contributed by atoms with E-state index in [1.807, 2.05) is 0 Å². The van der Waals surface area contributed by atoms with Crippen LogP contribution in [0.3, 0.4) is 0 Å². The van der Waals surface area contributed by atoms with Gasteiger partial charge in [0.25, 0.3) is 0 Å². The fourth-order valence-corrected chi connectivity index (χ4v) is 3.66. The highest BCUT2D eigenvalue weighted by atomic mass is 35.5. The fourth-order valence-electron chi connectivity index (χ4n) is 2.68. The maximum Gasteiger partial charge on any atom is 0.0931 e. The van der Waals surface area contributed by atoms with Crippen LogP contribution < -0.4 is 5.32 Å². The van der Waals surface area contributed by atoms with E-state index in [2.05, 4.69) is 48.0 Å². The van der Waals surface area contributed by atoms with Crippen molar-refractivity contribution >= 4 is 22.9 Å². The van der Waals surface area contributed by atoms with Crippen molar-refractivity contribution in [3.8, 4) is 0 Å². The van der Waals surface area contributed by atoms with Crippen LogP contribution in [-0.4, -0.2) is 0 Å². The second-order valence-electron chi connectivity index (χ2n) is 4.86. The molecule has 0 amide bonds. The minimum absolute atomic E-state index is 0.352. The molecule has 0 radical (unpaired) electrons. The molecule has 2 unspecified atom stereocenters. The fraction of sp³-hybridized carbons (Fsp3) is 0.333. The first-order valence-electron chi connectivity index (χ1n) is 6.32. The van der Waals surface area contributed by atoms with Gasteiger partial charge in [0, 0.05) is 12.1 Å². The summed E-state index contributed by atoms with van der Waals surface area (Å²) in [6.45, 7) is 2.21. The van der Waals surface area contributed by atoms with Crippen LogP contribution in [0.5, 0.6) is 0 Å². The first kappa shape index (κ1) is 12.2. The molecule has 0 bridgehead atoms. The molecule has 0 fully saturated rings. The van der Waals surface area contributed by atoms with Gasteiger partial charge >= 0.3 is 0 Å². The van der Waals surface area contributed by atoms with Gasteiger partial charge in [0.15, 0.2) is 0 Å². The van der Waals surface area contributed by atoms with Gasteiger partial charge in [0.05, 0.1) is 4.34 Å². The van der Waals surface area contributed by atoms with Crippen molar-refractivity contribution < 1.29 is 0 Å². The molecule has 1 N–H and O–H groups in total. The van der Waals surface area contributed by atoms with E-state index in [0.29, 0.717) is 12.1 Å². The molecule has 3 rings (SSSR count). The molecule has 1 aromatic heterocycles. The van der Waals surface area contributed by atoms with Crippen molar-refractivity contribution in [2.24, 2.45) is 0 Å². The molecule has 0 saturated heterocycles. The molecule has 1 aliphatic carbocycles. The Labute approximate surface area is 117 Å². The van der Waals surface area contributed by atoms with Crippen molar-refractivity contribution in [1.82, 2.24) is 5.32 Å². The minimum atomic E-state index is 0.352. The SMILES string of the molecule is CC(NC1CCc2ccccc21)c1csc(Cl)c1. The summed E-state index contributed by atoms with van der Waals surface area (Å²) in [4.78, 5) is 0. The first-order valence-corrected chi connectivity index (χ1v) is 7.57. The third-order valence-corrected chi connectivity index (χ3v) is 4.78. The van der Waals surface area contributed by atoms with Crippen LogP contribution in [0.4, 0.5) is 0 Å². The molecule has 1 aromatic carbocycles. The molecular formula is C15H16ClNS. The summed E-state index contributed by atoms with van der Waals surface area (Å²) in [6.07, 6.45) is 2.38. The van der Waals surface area contributed by atoms with E-state index in [1.54, 1.807) is 11.3 Å². The predicted octanol–water partition coefficient (Wildman–Crippen LogP) is 4.74. The van der Waals surface area contributed by atoms with Crippen molar-refractivity contribution in [3.05, 3.63) is 56.7 Å². The van der Waals surface area contributed by atoms with Gasteiger partial charge in [-0.1, -0.05) is 35.9 Å². The van der Waals surface area contributed by atoms with Crippen molar-refractivity contribution in [2.75, 3.05) is 0 Å². The lowest BCUT2D eigenvalue weighted by atomic mass is 10.1. The van der Waals surface area contributed by atoms with Crippen LogP contribution in [0.1, 0.15) is 42.1 Å². The zero-order valence-electron chi connectivity index (χ0n) is 10.3. The Balaban J connectivity index is 1.75. The maximum atomic E-state index is 5.99. The molecule has 1 nitrogen and oxygen atoms in total. The molecule has 94 valence electrons. The minimum Gasteiger partial charge on any atom is -0.303 e. The summed E-state index contributed by atoms with van der Waals surface area (Å²) >= 11 is 7.59. The Kier molecular flexibility index (Phi) is 3.42. The van der Waals surface area contributed by atoms with Gasteiger partial charge in [0.2, 0.25) is 0 Å². The Morgan fingerprint density at radius 3 is 3.00 bits per heavy atom. The van der Waals surface area contributed by atoms with Gasteiger partial charge in [-0.05, 0) is 47.9 Å². The van der Waals surface area contributed by atoms with Crippen LogP contribution in [0.25, 0.3) is 0 Å². The molecule has 0 saturated carbocycles. The second kappa shape index (κ2) is 5.04. The van der Waals surface area contributed by atoms with Gasteiger partial charge in [-0.25, -0.2) is 0 Å². The van der Waals surface area contributed by atoms with Crippen LogP contribution in [0.15, 0.2) is 35.7 Å². The number of hydrogen-bond acceptors (Lipinski definition) is 2. The van der Waals surface area contributed by atoms with E-state index < -0.39 is 0 Å². The van der Waals surface area contributed by atoms with E-state index >= 15 is 0 Å². The zero-order chi connectivity index (χ0) is 12.5. The van der Waals surface area contributed by atoms with E-state index in [9.17, 15) is 0 Å². The summed E-state index contributed by atoms with van der Waals surface area (Å²) in [5.41, 5.74) is 4.24. The number of halogens is 1. The number of thiophene rings is 1. The standard InChI is InChI=1S/C15H16ClNS/c1-10(12-8-15(16)18-9-12)17-14-7-6-11-4-2-3-5-13(11)14/h2-5,8-10,14,17H,6-7H2,1H3. The Morgan fingerprint density at radius 2 is 2.22 bits per heavy atom. The van der Waals surface area contributed by atoms with Gasteiger partial charge in [-0.15, -0.1) is 11.3 Å². The van der Waals surface area contributed by atoms with E-state index in [4.69, 9.17) is 11.6 Å². The summed E-state index contributed by atoms with van der Waals surface area (Å²) in [7, 11) is 0. The van der Waals surface area contributed by atoms with Crippen LogP contribution in [0.2, 0.25) is 4.34 Å². The molecule has 1 aliphatic rings. The number of aryl methyl sites for hydroxylation is 1. The Morgan fingerprint density at radius 1 is 1.39 bits per heavy atom. The summed E-state index contributed by atoms with van der Waals surface area (Å²) < 4.78 is 0.866. The molecule has 0 aliphatic heterocycles. The highest BCUT2D eigenvalue weighted by Gasteiger charge is 2.23. The molecule has 3 heteroatoms. The highest BCUT2D eigenvalue weighted by molar-refractivity contribution is 7.14. The molecular weight excluding hydrogens is 262 g/mol. The molecule has 0 spiro atoms. The number of rotatable bonds is 3. The number of benzene rings is 1. The molecule has 18 heavy (non-hydrogen) atoms. The summed E-state index contributed by atoms with van der Waals surface area (Å²) in [6, 6.07) is 11.6. The lowest BCUT2D eigenvalue weighted by Gasteiger charge is -2.19. The van der Waals surface area contributed by atoms with Gasteiger partial charge in [-0.2, -0.15) is 0 Å². The van der Waals surface area contributed by atoms with Gasteiger partial charge in [0.1, 0.15) is 0 Å². The van der Waals surface area contributed by atoms with E-state index in [-0.39, 0.29) is 0 Å². The third-order valence-electron chi connectivity index (χ3n) is 3.67. The summed E-state index contributed by atoms with van der Waals surface area (Å²) in [5, 5.41) is 5.85. The lowest BCUT2D eigenvalue weighted by Crippen LogP contribution is -2.22.